The molecule has 3 heteroatoms. The van der Waals surface area contributed by atoms with Crippen molar-refractivity contribution in [1.29, 1.82) is 0 Å². The van der Waals surface area contributed by atoms with Crippen molar-refractivity contribution >= 4 is 16.8 Å². The Hall–Kier alpha value is -1.77. The second-order valence-electron chi connectivity index (χ2n) is 4.86. The number of aryl methyl sites for hydroxylation is 2. The predicted octanol–water partition coefficient (Wildman–Crippen LogP) is 3.50. The predicted molar refractivity (Wildman–Crippen MR) is 79.6 cm³/mol. The van der Waals surface area contributed by atoms with E-state index in [4.69, 9.17) is 0 Å². The van der Waals surface area contributed by atoms with E-state index in [1.165, 1.54) is 5.39 Å². The second-order valence-corrected chi connectivity index (χ2v) is 4.86. The number of carbonyl (C=O) groups excluding carboxylic acids is 1. The number of carbonyl (C=O) groups is 1. The fraction of sp³-hybridized carbons (Fsp3) is 0.438. The van der Waals surface area contributed by atoms with Gasteiger partial charge < -0.3 is 9.88 Å². The van der Waals surface area contributed by atoms with E-state index in [9.17, 15) is 4.79 Å². The van der Waals surface area contributed by atoms with Crippen LogP contribution in [0.5, 0.6) is 0 Å². The van der Waals surface area contributed by atoms with Crippen LogP contribution in [-0.4, -0.2) is 17.0 Å². The quantitative estimate of drug-likeness (QED) is 0.875. The van der Waals surface area contributed by atoms with Gasteiger partial charge in [0.05, 0.1) is 0 Å². The Morgan fingerprint density at radius 2 is 2.00 bits per heavy atom. The van der Waals surface area contributed by atoms with Gasteiger partial charge >= 0.3 is 0 Å². The molecule has 0 fully saturated rings. The first-order valence-corrected chi connectivity index (χ1v) is 7.06. The Kier molecular flexibility index (Phi) is 4.25. The molecular formula is C16H22N2O. The van der Waals surface area contributed by atoms with Crippen molar-refractivity contribution in [3.8, 4) is 0 Å². The summed E-state index contributed by atoms with van der Waals surface area (Å²) in [4.78, 5) is 12.3. The minimum Gasteiger partial charge on any atom is -0.351 e. The van der Waals surface area contributed by atoms with E-state index in [1.807, 2.05) is 26.0 Å². The largest absolute Gasteiger partial charge is 0.351 e. The van der Waals surface area contributed by atoms with Crippen LogP contribution in [0.2, 0.25) is 0 Å². The highest BCUT2D eigenvalue weighted by molar-refractivity contribution is 6.01. The van der Waals surface area contributed by atoms with Crippen molar-refractivity contribution in [3.05, 3.63) is 35.5 Å². The molecule has 0 aliphatic heterocycles. The number of fused-ring (bicyclic) bond motifs is 1. The Morgan fingerprint density at radius 3 is 2.68 bits per heavy atom. The summed E-state index contributed by atoms with van der Waals surface area (Å²) < 4.78 is 2.17. The molecule has 3 nitrogen and oxygen atoms in total. The summed E-state index contributed by atoms with van der Waals surface area (Å²) in [7, 11) is 0. The third-order valence-corrected chi connectivity index (χ3v) is 3.51. The average Bonchev–Trinajstić information content (AvgIpc) is 2.70. The molecule has 0 saturated carbocycles. The normalized spacial score (nSPS) is 10.9. The van der Waals surface area contributed by atoms with Gasteiger partial charge in [0.25, 0.3) is 5.91 Å². The molecule has 0 unspecified atom stereocenters. The lowest BCUT2D eigenvalue weighted by Gasteiger charge is -2.10. The zero-order valence-corrected chi connectivity index (χ0v) is 12.0. The summed E-state index contributed by atoms with van der Waals surface area (Å²) in [6.07, 6.45) is 2.21. The number of unbranched alkanes of at least 4 members (excludes halogenated alkanes) is 1. The zero-order valence-electron chi connectivity index (χ0n) is 12.0. The lowest BCUT2D eigenvalue weighted by molar-refractivity contribution is 0.0946. The highest BCUT2D eigenvalue weighted by atomic mass is 16.1. The molecule has 1 N–H and O–H groups in total. The summed E-state index contributed by atoms with van der Waals surface area (Å²) in [5.74, 6) is 0.0345. The molecule has 1 heterocycles. The van der Waals surface area contributed by atoms with Crippen molar-refractivity contribution < 1.29 is 4.79 Å². The van der Waals surface area contributed by atoms with Crippen LogP contribution in [0.25, 0.3) is 10.9 Å². The minimum atomic E-state index is 0.0345. The lowest BCUT2D eigenvalue weighted by Crippen LogP contribution is -2.26. The molecule has 2 aromatic rings. The summed E-state index contributed by atoms with van der Waals surface area (Å²) >= 11 is 0. The first-order valence-electron chi connectivity index (χ1n) is 7.06. The number of hydrogen-bond donors (Lipinski definition) is 1. The maximum atomic E-state index is 12.3. The van der Waals surface area contributed by atoms with Crippen molar-refractivity contribution in [2.24, 2.45) is 0 Å². The smallest absolute Gasteiger partial charge is 0.268 e. The van der Waals surface area contributed by atoms with E-state index in [0.29, 0.717) is 6.54 Å². The Morgan fingerprint density at radius 1 is 1.26 bits per heavy atom. The molecule has 2 rings (SSSR count). The van der Waals surface area contributed by atoms with Gasteiger partial charge in [-0.2, -0.15) is 0 Å². The Labute approximate surface area is 114 Å². The molecule has 1 aromatic carbocycles. The molecule has 0 aliphatic rings. The van der Waals surface area contributed by atoms with Crippen molar-refractivity contribution in [2.45, 2.75) is 40.2 Å². The van der Waals surface area contributed by atoms with Crippen LogP contribution in [-0.2, 0) is 6.54 Å². The monoisotopic (exact) mass is 258 g/mol. The molecule has 19 heavy (non-hydrogen) atoms. The SMILES string of the molecule is CCCCn1c(C(=O)NCC)c(C)c2ccccc21. The van der Waals surface area contributed by atoms with Gasteiger partial charge in [-0.05, 0) is 31.9 Å². The van der Waals surface area contributed by atoms with Crippen LogP contribution in [0.4, 0.5) is 0 Å². The van der Waals surface area contributed by atoms with E-state index in [2.05, 4.69) is 28.9 Å². The summed E-state index contributed by atoms with van der Waals surface area (Å²) in [5.41, 5.74) is 3.06. The van der Waals surface area contributed by atoms with Crippen LogP contribution in [0, 0.1) is 6.92 Å². The number of benzene rings is 1. The molecule has 0 spiro atoms. The minimum absolute atomic E-state index is 0.0345. The fourth-order valence-electron chi connectivity index (χ4n) is 2.56. The fourth-order valence-corrected chi connectivity index (χ4v) is 2.56. The van der Waals surface area contributed by atoms with Gasteiger partial charge in [-0.25, -0.2) is 0 Å². The van der Waals surface area contributed by atoms with Crippen molar-refractivity contribution in [1.82, 2.24) is 9.88 Å². The molecule has 0 radical (unpaired) electrons. The first kappa shape index (κ1) is 13.7. The number of para-hydroxylation sites is 1. The first-order chi connectivity index (χ1) is 9.20. The van der Waals surface area contributed by atoms with Gasteiger partial charge in [-0.1, -0.05) is 31.5 Å². The summed E-state index contributed by atoms with van der Waals surface area (Å²) in [6.45, 7) is 7.72. The van der Waals surface area contributed by atoms with Crippen LogP contribution in [0.1, 0.15) is 42.7 Å². The third kappa shape index (κ3) is 2.50. The van der Waals surface area contributed by atoms with Gasteiger partial charge in [0, 0.05) is 24.0 Å². The number of hydrogen-bond acceptors (Lipinski definition) is 1. The van der Waals surface area contributed by atoms with Gasteiger partial charge in [0.1, 0.15) is 5.69 Å². The molecular weight excluding hydrogens is 236 g/mol. The zero-order chi connectivity index (χ0) is 13.8. The number of amides is 1. The highest BCUT2D eigenvalue weighted by Crippen LogP contribution is 2.26. The van der Waals surface area contributed by atoms with Gasteiger partial charge in [0.2, 0.25) is 0 Å². The van der Waals surface area contributed by atoms with E-state index < -0.39 is 0 Å². The molecule has 0 bridgehead atoms. The highest BCUT2D eigenvalue weighted by Gasteiger charge is 2.18. The topological polar surface area (TPSA) is 34.0 Å². The van der Waals surface area contributed by atoms with Crippen molar-refractivity contribution in [2.75, 3.05) is 6.54 Å². The molecule has 0 atom stereocenters. The summed E-state index contributed by atoms with van der Waals surface area (Å²) in [6, 6.07) is 8.25. The molecule has 0 aliphatic carbocycles. The van der Waals surface area contributed by atoms with E-state index in [0.717, 1.165) is 36.2 Å². The van der Waals surface area contributed by atoms with Gasteiger partial charge in [-0.15, -0.1) is 0 Å². The van der Waals surface area contributed by atoms with Crippen LogP contribution < -0.4 is 5.32 Å². The van der Waals surface area contributed by atoms with Gasteiger partial charge in [0.15, 0.2) is 0 Å². The molecule has 1 aromatic heterocycles. The van der Waals surface area contributed by atoms with E-state index in [-0.39, 0.29) is 5.91 Å². The van der Waals surface area contributed by atoms with E-state index >= 15 is 0 Å². The second kappa shape index (κ2) is 5.91. The number of rotatable bonds is 5. The Bertz CT molecular complexity index is 584. The molecule has 1 amide bonds. The van der Waals surface area contributed by atoms with Crippen LogP contribution in [0.3, 0.4) is 0 Å². The number of aromatic nitrogens is 1. The molecule has 0 saturated heterocycles. The Balaban J connectivity index is 2.58. The van der Waals surface area contributed by atoms with Gasteiger partial charge in [-0.3, -0.25) is 4.79 Å². The third-order valence-electron chi connectivity index (χ3n) is 3.51. The lowest BCUT2D eigenvalue weighted by atomic mass is 10.1. The standard InChI is InChI=1S/C16H22N2O/c1-4-6-11-18-14-10-8-7-9-13(14)12(3)15(18)16(19)17-5-2/h7-10H,4-6,11H2,1-3H3,(H,17,19). The number of nitrogens with one attached hydrogen (secondary N) is 1. The van der Waals surface area contributed by atoms with Crippen LogP contribution in [0.15, 0.2) is 24.3 Å². The maximum absolute atomic E-state index is 12.3. The maximum Gasteiger partial charge on any atom is 0.268 e. The van der Waals surface area contributed by atoms with Crippen molar-refractivity contribution in [3.63, 3.8) is 0 Å². The van der Waals surface area contributed by atoms with Crippen LogP contribution >= 0.6 is 0 Å². The average molecular weight is 258 g/mol. The summed E-state index contributed by atoms with van der Waals surface area (Å²) in [5, 5.41) is 4.10. The molecule has 102 valence electrons. The van der Waals surface area contributed by atoms with E-state index in [1.54, 1.807) is 0 Å². The number of nitrogens with zero attached hydrogens (tertiary/aromatic N) is 1.